The minimum atomic E-state index is -3.55. The van der Waals surface area contributed by atoms with Gasteiger partial charge in [0.15, 0.2) is 0 Å². The molecule has 1 heterocycles. The summed E-state index contributed by atoms with van der Waals surface area (Å²) >= 11 is 0. The highest BCUT2D eigenvalue weighted by Crippen LogP contribution is 2.47. The molecule has 25 heavy (non-hydrogen) atoms. The minimum Gasteiger partial charge on any atom is -0.218 e. The largest absolute Gasteiger partial charge is 0.218 e. The summed E-state index contributed by atoms with van der Waals surface area (Å²) in [6.07, 6.45) is 0. The SMILES string of the molecule is Cc1cccc(C2=C(c3cccc(C)c3)S(=O)(=O)c3ccccc32)c1. The van der Waals surface area contributed by atoms with Crippen LogP contribution in [0.4, 0.5) is 0 Å². The summed E-state index contributed by atoms with van der Waals surface area (Å²) in [6, 6.07) is 23.0. The van der Waals surface area contributed by atoms with Crippen molar-refractivity contribution in [3.63, 3.8) is 0 Å². The molecule has 0 atom stereocenters. The fraction of sp³-hybridized carbons (Fsp3) is 0.0909. The zero-order valence-electron chi connectivity index (χ0n) is 14.2. The Morgan fingerprint density at radius 3 is 1.96 bits per heavy atom. The standard InChI is InChI=1S/C22H18O2S/c1-15-7-5-9-17(13-15)21-19-11-3-4-12-20(19)25(23,24)22(21)18-10-6-8-16(2)14-18/h3-14H,1-2H3. The predicted molar refractivity (Wildman–Crippen MR) is 102 cm³/mol. The Bertz CT molecular complexity index is 1120. The third-order valence-electron chi connectivity index (χ3n) is 4.53. The minimum absolute atomic E-state index is 0.392. The van der Waals surface area contributed by atoms with Crippen LogP contribution < -0.4 is 0 Å². The number of aryl methyl sites for hydroxylation is 2. The second-order valence-electron chi connectivity index (χ2n) is 6.44. The highest BCUT2D eigenvalue weighted by molar-refractivity contribution is 8.01. The van der Waals surface area contributed by atoms with Gasteiger partial charge in [-0.15, -0.1) is 0 Å². The van der Waals surface area contributed by atoms with Gasteiger partial charge < -0.3 is 0 Å². The van der Waals surface area contributed by atoms with Crippen molar-refractivity contribution in [2.45, 2.75) is 18.7 Å². The van der Waals surface area contributed by atoms with Crippen molar-refractivity contribution in [2.24, 2.45) is 0 Å². The van der Waals surface area contributed by atoms with E-state index >= 15 is 0 Å². The molecular weight excluding hydrogens is 328 g/mol. The maximum absolute atomic E-state index is 13.3. The molecular formula is C22H18O2S. The lowest BCUT2D eigenvalue weighted by Crippen LogP contribution is -2.00. The van der Waals surface area contributed by atoms with E-state index < -0.39 is 9.84 Å². The third kappa shape index (κ3) is 2.52. The van der Waals surface area contributed by atoms with Gasteiger partial charge in [-0.25, -0.2) is 8.42 Å². The lowest BCUT2D eigenvalue weighted by molar-refractivity contribution is 0.606. The lowest BCUT2D eigenvalue weighted by atomic mass is 9.94. The Balaban J connectivity index is 2.13. The number of sulfone groups is 1. The fourth-order valence-corrected chi connectivity index (χ4v) is 5.32. The molecule has 0 bridgehead atoms. The van der Waals surface area contributed by atoms with E-state index in [9.17, 15) is 8.42 Å². The first-order valence-corrected chi connectivity index (χ1v) is 9.69. The maximum Gasteiger partial charge on any atom is 0.208 e. The molecule has 0 aromatic heterocycles. The number of hydrogen-bond donors (Lipinski definition) is 0. The molecule has 2 nitrogen and oxygen atoms in total. The van der Waals surface area contributed by atoms with Crippen molar-refractivity contribution < 1.29 is 8.42 Å². The molecule has 0 radical (unpaired) electrons. The van der Waals surface area contributed by atoms with Crippen molar-refractivity contribution in [3.8, 4) is 0 Å². The van der Waals surface area contributed by atoms with Gasteiger partial charge in [0.2, 0.25) is 9.84 Å². The molecule has 1 aliphatic heterocycles. The van der Waals surface area contributed by atoms with Gasteiger partial charge in [-0.2, -0.15) is 0 Å². The van der Waals surface area contributed by atoms with E-state index in [4.69, 9.17) is 0 Å². The molecule has 0 fully saturated rings. The lowest BCUT2D eigenvalue weighted by Gasteiger charge is -2.10. The van der Waals surface area contributed by atoms with Gasteiger partial charge >= 0.3 is 0 Å². The summed E-state index contributed by atoms with van der Waals surface area (Å²) in [7, 11) is -3.55. The Hall–Kier alpha value is -2.65. The molecule has 3 heteroatoms. The number of rotatable bonds is 2. The van der Waals surface area contributed by atoms with Crippen LogP contribution in [0.25, 0.3) is 10.5 Å². The molecule has 0 unspecified atom stereocenters. The van der Waals surface area contributed by atoms with Gasteiger partial charge in [-0.1, -0.05) is 77.9 Å². The van der Waals surface area contributed by atoms with Crippen molar-refractivity contribution in [1.82, 2.24) is 0 Å². The van der Waals surface area contributed by atoms with Crippen LogP contribution >= 0.6 is 0 Å². The summed E-state index contributed by atoms with van der Waals surface area (Å²) in [6.45, 7) is 4.00. The molecule has 1 aliphatic rings. The van der Waals surface area contributed by atoms with Crippen LogP contribution in [0.15, 0.2) is 77.7 Å². The monoisotopic (exact) mass is 346 g/mol. The van der Waals surface area contributed by atoms with Crippen molar-refractivity contribution in [3.05, 3.63) is 101 Å². The van der Waals surface area contributed by atoms with E-state index in [2.05, 4.69) is 0 Å². The van der Waals surface area contributed by atoms with Crippen LogP contribution in [0, 0.1) is 13.8 Å². The zero-order valence-corrected chi connectivity index (χ0v) is 15.0. The Morgan fingerprint density at radius 2 is 1.28 bits per heavy atom. The molecule has 0 spiro atoms. The molecule has 0 saturated heterocycles. The molecule has 0 amide bonds. The average molecular weight is 346 g/mol. The van der Waals surface area contributed by atoms with Gasteiger partial charge in [0.25, 0.3) is 0 Å². The Labute approximate surface area is 148 Å². The number of benzene rings is 3. The molecule has 3 aromatic carbocycles. The third-order valence-corrected chi connectivity index (χ3v) is 6.44. The zero-order chi connectivity index (χ0) is 17.6. The quantitative estimate of drug-likeness (QED) is 0.654. The maximum atomic E-state index is 13.3. The van der Waals surface area contributed by atoms with Gasteiger partial charge in [0, 0.05) is 11.1 Å². The van der Waals surface area contributed by atoms with Crippen LogP contribution in [-0.2, 0) is 9.84 Å². The van der Waals surface area contributed by atoms with Gasteiger partial charge in [0.05, 0.1) is 9.80 Å². The molecule has 0 saturated carbocycles. The molecule has 4 rings (SSSR count). The van der Waals surface area contributed by atoms with E-state index in [-0.39, 0.29) is 0 Å². The molecule has 0 N–H and O–H groups in total. The van der Waals surface area contributed by atoms with Crippen molar-refractivity contribution >= 4 is 20.3 Å². The Morgan fingerprint density at radius 1 is 0.680 bits per heavy atom. The summed E-state index contributed by atoms with van der Waals surface area (Å²) in [5.41, 5.74) is 5.40. The van der Waals surface area contributed by atoms with Crippen LogP contribution in [-0.4, -0.2) is 8.42 Å². The van der Waals surface area contributed by atoms with Crippen LogP contribution in [0.5, 0.6) is 0 Å². The fourth-order valence-electron chi connectivity index (χ4n) is 3.45. The summed E-state index contributed by atoms with van der Waals surface area (Å²) < 4.78 is 26.6. The first-order chi connectivity index (χ1) is 12.0. The first-order valence-electron chi connectivity index (χ1n) is 8.21. The van der Waals surface area contributed by atoms with E-state index in [1.165, 1.54) is 0 Å². The van der Waals surface area contributed by atoms with Crippen LogP contribution in [0.2, 0.25) is 0 Å². The smallest absolute Gasteiger partial charge is 0.208 e. The number of fused-ring (bicyclic) bond motifs is 1. The Kier molecular flexibility index (Phi) is 3.62. The highest BCUT2D eigenvalue weighted by Gasteiger charge is 2.36. The normalized spacial score (nSPS) is 15.3. The molecule has 0 aliphatic carbocycles. The predicted octanol–water partition coefficient (Wildman–Crippen LogP) is 5.01. The van der Waals surface area contributed by atoms with Gasteiger partial charge in [-0.05, 0) is 31.0 Å². The molecule has 3 aromatic rings. The van der Waals surface area contributed by atoms with E-state index in [0.29, 0.717) is 9.80 Å². The first kappa shape index (κ1) is 15.9. The topological polar surface area (TPSA) is 34.1 Å². The summed E-state index contributed by atoms with van der Waals surface area (Å²) in [5.74, 6) is 0. The van der Waals surface area contributed by atoms with Crippen molar-refractivity contribution in [2.75, 3.05) is 0 Å². The van der Waals surface area contributed by atoms with E-state index in [1.807, 2.05) is 74.5 Å². The van der Waals surface area contributed by atoms with Gasteiger partial charge in [-0.3, -0.25) is 0 Å². The van der Waals surface area contributed by atoms with E-state index in [1.54, 1.807) is 12.1 Å². The van der Waals surface area contributed by atoms with Crippen LogP contribution in [0.3, 0.4) is 0 Å². The second kappa shape index (κ2) is 5.71. The summed E-state index contributed by atoms with van der Waals surface area (Å²) in [5, 5.41) is 0. The van der Waals surface area contributed by atoms with Crippen LogP contribution in [0.1, 0.15) is 27.8 Å². The van der Waals surface area contributed by atoms with Crippen molar-refractivity contribution in [1.29, 1.82) is 0 Å². The summed E-state index contributed by atoms with van der Waals surface area (Å²) in [4.78, 5) is 0.797. The average Bonchev–Trinajstić information content (AvgIpc) is 2.83. The number of hydrogen-bond acceptors (Lipinski definition) is 2. The second-order valence-corrected chi connectivity index (χ2v) is 8.30. The van der Waals surface area contributed by atoms with E-state index in [0.717, 1.165) is 33.4 Å². The van der Waals surface area contributed by atoms with Gasteiger partial charge in [0.1, 0.15) is 0 Å². The molecule has 124 valence electrons. The highest BCUT2D eigenvalue weighted by atomic mass is 32.2.